The van der Waals surface area contributed by atoms with Crippen molar-refractivity contribution in [2.45, 2.75) is 59.3 Å². The van der Waals surface area contributed by atoms with Crippen LogP contribution < -0.4 is 0 Å². The van der Waals surface area contributed by atoms with E-state index < -0.39 is 11.6 Å². The van der Waals surface area contributed by atoms with Crippen LogP contribution in [-0.2, 0) is 14.3 Å². The molecule has 0 spiro atoms. The number of hydrogen-bond donors (Lipinski definition) is 0. The third-order valence-electron chi connectivity index (χ3n) is 2.22. The van der Waals surface area contributed by atoms with Crippen LogP contribution in [0.25, 0.3) is 0 Å². The van der Waals surface area contributed by atoms with E-state index >= 15 is 0 Å². The van der Waals surface area contributed by atoms with E-state index in [1.165, 1.54) is 6.40 Å². The molecule has 92 valence electrons. The van der Waals surface area contributed by atoms with Crippen molar-refractivity contribution < 1.29 is 14.3 Å². The molecule has 16 heavy (non-hydrogen) atoms. The van der Waals surface area contributed by atoms with Crippen LogP contribution in [0.1, 0.15) is 41.5 Å². The Morgan fingerprint density at radius 1 is 1.25 bits per heavy atom. The SMILES string of the molecule is CC(C)(C)OC(=O)[C@H]1N=CO[C@@H]1C(C)(C)C. The van der Waals surface area contributed by atoms with Crippen LogP contribution in [0.15, 0.2) is 4.99 Å². The van der Waals surface area contributed by atoms with Gasteiger partial charge in [-0.15, -0.1) is 0 Å². The van der Waals surface area contributed by atoms with Gasteiger partial charge in [-0.05, 0) is 20.8 Å². The lowest BCUT2D eigenvalue weighted by Crippen LogP contribution is -2.42. The van der Waals surface area contributed by atoms with E-state index in [4.69, 9.17) is 9.47 Å². The molecular formula is C12H21NO3. The minimum atomic E-state index is -0.542. The molecule has 1 aliphatic heterocycles. The predicted molar refractivity (Wildman–Crippen MR) is 62.5 cm³/mol. The first-order valence-electron chi connectivity index (χ1n) is 5.51. The Hall–Kier alpha value is -1.06. The molecular weight excluding hydrogens is 206 g/mol. The van der Waals surface area contributed by atoms with Crippen LogP contribution in [0.5, 0.6) is 0 Å². The quantitative estimate of drug-likeness (QED) is 0.645. The average Bonchev–Trinajstić information content (AvgIpc) is 2.45. The average molecular weight is 227 g/mol. The summed E-state index contributed by atoms with van der Waals surface area (Å²) in [4.78, 5) is 15.9. The molecule has 0 bridgehead atoms. The molecule has 0 saturated heterocycles. The first kappa shape index (κ1) is 13.0. The van der Waals surface area contributed by atoms with Crippen molar-refractivity contribution in [3.8, 4) is 0 Å². The van der Waals surface area contributed by atoms with Crippen molar-refractivity contribution in [2.24, 2.45) is 10.4 Å². The maximum atomic E-state index is 11.9. The number of carbonyl (C=O) groups excluding carboxylic acids is 1. The van der Waals surface area contributed by atoms with E-state index in [2.05, 4.69) is 4.99 Å². The van der Waals surface area contributed by atoms with E-state index in [0.717, 1.165) is 0 Å². The zero-order valence-electron chi connectivity index (χ0n) is 10.9. The molecule has 0 aromatic rings. The Balaban J connectivity index is 2.72. The first-order valence-corrected chi connectivity index (χ1v) is 5.51. The number of nitrogens with zero attached hydrogens (tertiary/aromatic N) is 1. The summed E-state index contributed by atoms with van der Waals surface area (Å²) in [5.74, 6) is -0.318. The molecule has 0 saturated carbocycles. The first-order chi connectivity index (χ1) is 7.11. The fraction of sp³-hybridized carbons (Fsp3) is 0.833. The van der Waals surface area contributed by atoms with Gasteiger partial charge in [0, 0.05) is 5.41 Å². The topological polar surface area (TPSA) is 47.9 Å². The molecule has 0 amide bonds. The molecule has 4 nitrogen and oxygen atoms in total. The third-order valence-corrected chi connectivity index (χ3v) is 2.22. The van der Waals surface area contributed by atoms with E-state index in [1.54, 1.807) is 0 Å². The van der Waals surface area contributed by atoms with E-state index in [9.17, 15) is 4.79 Å². The van der Waals surface area contributed by atoms with Gasteiger partial charge in [-0.1, -0.05) is 20.8 Å². The molecule has 0 aliphatic carbocycles. The number of hydrogen-bond acceptors (Lipinski definition) is 4. The van der Waals surface area contributed by atoms with Gasteiger partial charge in [0.05, 0.1) is 0 Å². The van der Waals surface area contributed by atoms with Gasteiger partial charge in [-0.2, -0.15) is 0 Å². The molecule has 0 aromatic carbocycles. The smallest absolute Gasteiger partial charge is 0.335 e. The minimum absolute atomic E-state index is 0.141. The summed E-state index contributed by atoms with van der Waals surface area (Å²) >= 11 is 0. The number of aliphatic imine (C=N–C) groups is 1. The minimum Gasteiger partial charge on any atom is -0.477 e. The highest BCUT2D eigenvalue weighted by molar-refractivity contribution is 5.80. The van der Waals surface area contributed by atoms with Gasteiger partial charge >= 0.3 is 5.97 Å². The van der Waals surface area contributed by atoms with E-state index in [-0.39, 0.29) is 17.5 Å². The highest BCUT2D eigenvalue weighted by atomic mass is 16.6. The fourth-order valence-corrected chi connectivity index (χ4v) is 1.54. The van der Waals surface area contributed by atoms with Crippen molar-refractivity contribution in [1.29, 1.82) is 0 Å². The molecule has 0 aromatic heterocycles. The lowest BCUT2D eigenvalue weighted by Gasteiger charge is -2.30. The third kappa shape index (κ3) is 3.22. The maximum absolute atomic E-state index is 11.9. The van der Waals surface area contributed by atoms with Gasteiger partial charge < -0.3 is 9.47 Å². The fourth-order valence-electron chi connectivity index (χ4n) is 1.54. The maximum Gasteiger partial charge on any atom is 0.335 e. The molecule has 1 rings (SSSR count). The second-order valence-corrected chi connectivity index (χ2v) is 6.16. The summed E-state index contributed by atoms with van der Waals surface area (Å²) in [6, 6.07) is -0.542. The van der Waals surface area contributed by atoms with Gasteiger partial charge in [0.25, 0.3) is 0 Å². The number of esters is 1. The van der Waals surface area contributed by atoms with Gasteiger partial charge in [-0.25, -0.2) is 9.79 Å². The summed E-state index contributed by atoms with van der Waals surface area (Å²) < 4.78 is 10.7. The number of carbonyl (C=O) groups is 1. The number of ether oxygens (including phenoxy) is 2. The zero-order chi connectivity index (χ0) is 12.6. The largest absolute Gasteiger partial charge is 0.477 e. The lowest BCUT2D eigenvalue weighted by atomic mass is 9.85. The summed E-state index contributed by atoms with van der Waals surface area (Å²) in [6.45, 7) is 11.6. The van der Waals surface area contributed by atoms with E-state index in [1.807, 2.05) is 41.5 Å². The molecule has 4 heteroatoms. The monoisotopic (exact) mass is 227 g/mol. The summed E-state index contributed by atoms with van der Waals surface area (Å²) in [7, 11) is 0. The molecule has 0 unspecified atom stereocenters. The summed E-state index contributed by atoms with van der Waals surface area (Å²) in [5, 5.41) is 0. The Labute approximate surface area is 97.0 Å². The Morgan fingerprint density at radius 3 is 2.25 bits per heavy atom. The van der Waals surface area contributed by atoms with Gasteiger partial charge in [0.15, 0.2) is 12.4 Å². The van der Waals surface area contributed by atoms with Crippen LogP contribution in [0, 0.1) is 5.41 Å². The van der Waals surface area contributed by atoms with Gasteiger partial charge in [-0.3, -0.25) is 0 Å². The molecule has 1 heterocycles. The molecule has 0 N–H and O–H groups in total. The molecule has 2 atom stereocenters. The van der Waals surface area contributed by atoms with Crippen molar-refractivity contribution >= 4 is 12.4 Å². The normalized spacial score (nSPS) is 25.4. The van der Waals surface area contributed by atoms with Gasteiger partial charge in [0.1, 0.15) is 11.7 Å². The zero-order valence-corrected chi connectivity index (χ0v) is 10.9. The second-order valence-electron chi connectivity index (χ2n) is 6.16. The van der Waals surface area contributed by atoms with E-state index in [0.29, 0.717) is 0 Å². The van der Waals surface area contributed by atoms with Crippen molar-refractivity contribution in [1.82, 2.24) is 0 Å². The van der Waals surface area contributed by atoms with Crippen LogP contribution in [0.2, 0.25) is 0 Å². The summed E-state index contributed by atoms with van der Waals surface area (Å²) in [5.41, 5.74) is -0.629. The summed E-state index contributed by atoms with van der Waals surface area (Å²) in [6.07, 6.45) is 1.10. The van der Waals surface area contributed by atoms with Crippen LogP contribution in [0.3, 0.4) is 0 Å². The Morgan fingerprint density at radius 2 is 1.81 bits per heavy atom. The molecule has 0 fully saturated rings. The van der Waals surface area contributed by atoms with Crippen LogP contribution in [-0.4, -0.2) is 30.1 Å². The highest BCUT2D eigenvalue weighted by Gasteiger charge is 2.42. The Bertz CT molecular complexity index is 296. The molecule has 1 aliphatic rings. The van der Waals surface area contributed by atoms with Crippen molar-refractivity contribution in [2.75, 3.05) is 0 Å². The lowest BCUT2D eigenvalue weighted by molar-refractivity contribution is -0.159. The second kappa shape index (κ2) is 4.07. The predicted octanol–water partition coefficient (Wildman–Crippen LogP) is 2.17. The number of rotatable bonds is 1. The Kier molecular flexibility index (Phi) is 3.31. The van der Waals surface area contributed by atoms with Crippen molar-refractivity contribution in [3.63, 3.8) is 0 Å². The highest BCUT2D eigenvalue weighted by Crippen LogP contribution is 2.30. The van der Waals surface area contributed by atoms with Crippen LogP contribution >= 0.6 is 0 Å². The molecule has 0 radical (unpaired) electrons. The van der Waals surface area contributed by atoms with Crippen LogP contribution in [0.4, 0.5) is 0 Å². The van der Waals surface area contributed by atoms with Gasteiger partial charge in [0.2, 0.25) is 0 Å². The standard InChI is InChI=1S/C12H21NO3/c1-11(2,3)9-8(13-7-15-9)10(14)16-12(4,5)6/h7-9H,1-6H3/t8-,9-/m0/s1. The van der Waals surface area contributed by atoms with Crippen molar-refractivity contribution in [3.05, 3.63) is 0 Å².